The van der Waals surface area contributed by atoms with E-state index in [0.29, 0.717) is 0 Å². The Hall–Kier alpha value is -1.51. The third-order valence-corrected chi connectivity index (χ3v) is 3.78. The molecule has 1 aromatic carbocycles. The normalized spacial score (nSPS) is 15.7. The Morgan fingerprint density at radius 2 is 2.06 bits per heavy atom. The molecule has 1 aromatic rings. The van der Waals surface area contributed by atoms with E-state index >= 15 is 0 Å². The van der Waals surface area contributed by atoms with Gasteiger partial charge in [-0.25, -0.2) is 0 Å². The first kappa shape index (κ1) is 12.9. The monoisotopic (exact) mass is 246 g/mol. The number of carbonyl (C=O) groups excluding carboxylic acids is 1. The minimum Gasteiger partial charge on any atom is -0.385 e. The standard InChI is InChI=1S/C15H22N2O/c1-11-7-8-13(15(18)16-2)9-14(11)17-10-12-5-3-4-6-12/h7-9,12,17H,3-6,10H2,1-2H3,(H,16,18). The van der Waals surface area contributed by atoms with Crippen molar-refractivity contribution >= 4 is 11.6 Å². The summed E-state index contributed by atoms with van der Waals surface area (Å²) >= 11 is 0. The number of hydrogen-bond acceptors (Lipinski definition) is 2. The average Bonchev–Trinajstić information content (AvgIpc) is 2.90. The van der Waals surface area contributed by atoms with E-state index in [2.05, 4.69) is 17.6 Å². The van der Waals surface area contributed by atoms with Gasteiger partial charge in [-0.05, 0) is 43.4 Å². The summed E-state index contributed by atoms with van der Waals surface area (Å²) in [7, 11) is 1.66. The summed E-state index contributed by atoms with van der Waals surface area (Å²) in [6.45, 7) is 3.10. The zero-order valence-electron chi connectivity index (χ0n) is 11.3. The van der Waals surface area contributed by atoms with Crippen molar-refractivity contribution in [3.8, 4) is 0 Å². The van der Waals surface area contributed by atoms with Crippen LogP contribution in [0.5, 0.6) is 0 Å². The van der Waals surface area contributed by atoms with Crippen molar-refractivity contribution in [2.24, 2.45) is 5.92 Å². The first-order valence-corrected chi connectivity index (χ1v) is 6.77. The molecule has 3 heteroatoms. The van der Waals surface area contributed by atoms with Crippen LogP contribution >= 0.6 is 0 Å². The lowest BCUT2D eigenvalue weighted by atomic mass is 10.1. The highest BCUT2D eigenvalue weighted by Gasteiger charge is 2.15. The molecular formula is C15H22N2O. The Balaban J connectivity index is 2.03. The molecule has 1 aliphatic carbocycles. The third-order valence-electron chi connectivity index (χ3n) is 3.78. The van der Waals surface area contributed by atoms with Gasteiger partial charge < -0.3 is 10.6 Å². The molecule has 0 atom stereocenters. The topological polar surface area (TPSA) is 41.1 Å². The maximum absolute atomic E-state index is 11.6. The molecule has 98 valence electrons. The minimum atomic E-state index is -0.0288. The molecule has 0 spiro atoms. The summed E-state index contributed by atoms with van der Waals surface area (Å²) in [5.41, 5.74) is 3.00. The molecule has 2 N–H and O–H groups in total. The molecule has 0 saturated heterocycles. The molecule has 1 amide bonds. The summed E-state index contributed by atoms with van der Waals surface area (Å²) in [6.07, 6.45) is 5.40. The van der Waals surface area contributed by atoms with Crippen LogP contribution in [-0.4, -0.2) is 19.5 Å². The number of nitrogens with one attached hydrogen (secondary N) is 2. The van der Waals surface area contributed by atoms with Gasteiger partial charge in [0, 0.05) is 24.8 Å². The molecule has 0 aromatic heterocycles. The van der Waals surface area contributed by atoms with Crippen LogP contribution in [0.25, 0.3) is 0 Å². The van der Waals surface area contributed by atoms with E-state index < -0.39 is 0 Å². The lowest BCUT2D eigenvalue weighted by molar-refractivity contribution is 0.0963. The molecule has 3 nitrogen and oxygen atoms in total. The van der Waals surface area contributed by atoms with Gasteiger partial charge in [0.25, 0.3) is 5.91 Å². The van der Waals surface area contributed by atoms with Crippen LogP contribution in [0.2, 0.25) is 0 Å². The summed E-state index contributed by atoms with van der Waals surface area (Å²) in [5, 5.41) is 6.15. The molecule has 1 aliphatic rings. The molecule has 0 bridgehead atoms. The second-order valence-electron chi connectivity index (χ2n) is 5.14. The van der Waals surface area contributed by atoms with Gasteiger partial charge in [-0.1, -0.05) is 18.9 Å². The van der Waals surface area contributed by atoms with E-state index in [0.717, 1.165) is 23.7 Å². The number of hydrogen-bond donors (Lipinski definition) is 2. The van der Waals surface area contributed by atoms with Crippen molar-refractivity contribution < 1.29 is 4.79 Å². The number of benzene rings is 1. The van der Waals surface area contributed by atoms with Crippen molar-refractivity contribution in [2.45, 2.75) is 32.6 Å². The number of carbonyl (C=O) groups is 1. The first-order chi connectivity index (χ1) is 8.70. The van der Waals surface area contributed by atoms with Crippen molar-refractivity contribution in [2.75, 3.05) is 18.9 Å². The van der Waals surface area contributed by atoms with E-state index in [-0.39, 0.29) is 5.91 Å². The van der Waals surface area contributed by atoms with Crippen LogP contribution in [0, 0.1) is 12.8 Å². The van der Waals surface area contributed by atoms with Crippen molar-refractivity contribution in [1.82, 2.24) is 5.32 Å². The van der Waals surface area contributed by atoms with Gasteiger partial charge >= 0.3 is 0 Å². The van der Waals surface area contributed by atoms with E-state index in [1.54, 1.807) is 7.05 Å². The van der Waals surface area contributed by atoms with Gasteiger partial charge in [-0.3, -0.25) is 4.79 Å². The maximum atomic E-state index is 11.6. The fourth-order valence-electron chi connectivity index (χ4n) is 2.57. The number of amides is 1. The molecule has 1 fully saturated rings. The number of aryl methyl sites for hydroxylation is 1. The molecule has 1 saturated carbocycles. The Kier molecular flexibility index (Phi) is 4.24. The fraction of sp³-hybridized carbons (Fsp3) is 0.533. The van der Waals surface area contributed by atoms with Gasteiger partial charge in [0.05, 0.1) is 0 Å². The summed E-state index contributed by atoms with van der Waals surface area (Å²) in [6, 6.07) is 5.82. The van der Waals surface area contributed by atoms with Gasteiger partial charge in [-0.15, -0.1) is 0 Å². The summed E-state index contributed by atoms with van der Waals surface area (Å²) in [5.74, 6) is 0.770. The largest absolute Gasteiger partial charge is 0.385 e. The van der Waals surface area contributed by atoms with Crippen molar-refractivity contribution in [3.05, 3.63) is 29.3 Å². The zero-order chi connectivity index (χ0) is 13.0. The van der Waals surface area contributed by atoms with Crippen LogP contribution < -0.4 is 10.6 Å². The second-order valence-corrected chi connectivity index (χ2v) is 5.14. The predicted octanol–water partition coefficient (Wildman–Crippen LogP) is 2.96. The van der Waals surface area contributed by atoms with Gasteiger partial charge in [-0.2, -0.15) is 0 Å². The van der Waals surface area contributed by atoms with E-state index in [1.165, 1.54) is 31.2 Å². The SMILES string of the molecule is CNC(=O)c1ccc(C)c(NCC2CCCC2)c1. The van der Waals surface area contributed by atoms with Crippen LogP contribution in [0.4, 0.5) is 5.69 Å². The lowest BCUT2D eigenvalue weighted by Crippen LogP contribution is -2.18. The highest BCUT2D eigenvalue weighted by Crippen LogP contribution is 2.26. The lowest BCUT2D eigenvalue weighted by Gasteiger charge is -2.14. The van der Waals surface area contributed by atoms with Gasteiger partial charge in [0.2, 0.25) is 0 Å². The third kappa shape index (κ3) is 3.03. The Morgan fingerprint density at radius 1 is 1.33 bits per heavy atom. The van der Waals surface area contributed by atoms with E-state index in [4.69, 9.17) is 0 Å². The smallest absolute Gasteiger partial charge is 0.251 e. The van der Waals surface area contributed by atoms with Crippen molar-refractivity contribution in [1.29, 1.82) is 0 Å². The molecule has 0 radical (unpaired) electrons. The van der Waals surface area contributed by atoms with Gasteiger partial charge in [0.1, 0.15) is 0 Å². The number of rotatable bonds is 4. The van der Waals surface area contributed by atoms with Crippen LogP contribution in [0.1, 0.15) is 41.6 Å². The van der Waals surface area contributed by atoms with Crippen LogP contribution in [-0.2, 0) is 0 Å². The van der Waals surface area contributed by atoms with Crippen LogP contribution in [0.15, 0.2) is 18.2 Å². The van der Waals surface area contributed by atoms with Gasteiger partial charge in [0.15, 0.2) is 0 Å². The maximum Gasteiger partial charge on any atom is 0.251 e. The minimum absolute atomic E-state index is 0.0288. The Morgan fingerprint density at radius 3 is 2.72 bits per heavy atom. The molecular weight excluding hydrogens is 224 g/mol. The molecule has 0 heterocycles. The molecule has 0 unspecified atom stereocenters. The molecule has 2 rings (SSSR count). The molecule has 18 heavy (non-hydrogen) atoms. The fourth-order valence-corrected chi connectivity index (χ4v) is 2.57. The predicted molar refractivity (Wildman–Crippen MR) is 75.0 cm³/mol. The zero-order valence-corrected chi connectivity index (χ0v) is 11.3. The van der Waals surface area contributed by atoms with E-state index in [9.17, 15) is 4.79 Å². The van der Waals surface area contributed by atoms with E-state index in [1.807, 2.05) is 18.2 Å². The summed E-state index contributed by atoms with van der Waals surface area (Å²) in [4.78, 5) is 11.6. The van der Waals surface area contributed by atoms with Crippen molar-refractivity contribution in [3.63, 3.8) is 0 Å². The Bertz CT molecular complexity index is 423. The average molecular weight is 246 g/mol. The highest BCUT2D eigenvalue weighted by atomic mass is 16.1. The number of anilines is 1. The summed E-state index contributed by atoms with van der Waals surface area (Å²) < 4.78 is 0. The Labute approximate surface area is 109 Å². The highest BCUT2D eigenvalue weighted by molar-refractivity contribution is 5.95. The quantitative estimate of drug-likeness (QED) is 0.857. The second kappa shape index (κ2) is 5.89. The molecule has 0 aliphatic heterocycles. The van der Waals surface area contributed by atoms with Crippen LogP contribution in [0.3, 0.4) is 0 Å². The first-order valence-electron chi connectivity index (χ1n) is 6.77.